The van der Waals surface area contributed by atoms with Gasteiger partial charge in [0, 0.05) is 36.3 Å². The Hall–Kier alpha value is -2.44. The van der Waals surface area contributed by atoms with Gasteiger partial charge in [0.05, 0.1) is 4.92 Å². The Morgan fingerprint density at radius 3 is 2.26 bits per heavy atom. The lowest BCUT2D eigenvalue weighted by atomic mass is 9.93. The molecule has 1 saturated heterocycles. The summed E-state index contributed by atoms with van der Waals surface area (Å²) in [7, 11) is 0. The number of benzene rings is 1. The SMILES string of the molecule is C[C@@H]1C(=O)N(c2ccc([N+](=O)[O-])cc2)CCN1C(=O)C(C)(C)C. The number of nitrogens with zero attached hydrogens (tertiary/aromatic N) is 3. The van der Waals surface area contributed by atoms with Gasteiger partial charge in [-0.3, -0.25) is 19.7 Å². The number of nitro benzene ring substituents is 1. The number of hydrogen-bond donors (Lipinski definition) is 0. The molecule has 1 aliphatic rings. The fraction of sp³-hybridized carbons (Fsp3) is 0.500. The summed E-state index contributed by atoms with van der Waals surface area (Å²) in [5.41, 5.74) is 0.0514. The molecule has 124 valence electrons. The minimum atomic E-state index is -0.550. The third-order valence-electron chi connectivity index (χ3n) is 3.93. The number of carbonyl (C=O) groups is 2. The van der Waals surface area contributed by atoms with Gasteiger partial charge in [-0.15, -0.1) is 0 Å². The van der Waals surface area contributed by atoms with E-state index >= 15 is 0 Å². The Bertz CT molecular complexity index is 634. The molecule has 1 heterocycles. The number of piperazine rings is 1. The van der Waals surface area contributed by atoms with E-state index in [4.69, 9.17) is 0 Å². The second kappa shape index (κ2) is 5.98. The highest BCUT2D eigenvalue weighted by molar-refractivity contribution is 6.00. The van der Waals surface area contributed by atoms with Gasteiger partial charge in [-0.25, -0.2) is 0 Å². The van der Waals surface area contributed by atoms with Crippen LogP contribution in [0.3, 0.4) is 0 Å². The van der Waals surface area contributed by atoms with Gasteiger partial charge in [0.25, 0.3) is 5.69 Å². The quantitative estimate of drug-likeness (QED) is 0.618. The Labute approximate surface area is 135 Å². The molecule has 0 spiro atoms. The first-order valence-corrected chi connectivity index (χ1v) is 7.50. The molecular formula is C16H21N3O4. The largest absolute Gasteiger partial charge is 0.329 e. The van der Waals surface area contributed by atoms with Crippen LogP contribution in [0.2, 0.25) is 0 Å². The second-order valence-electron chi connectivity index (χ2n) is 6.69. The van der Waals surface area contributed by atoms with E-state index in [1.54, 1.807) is 28.9 Å². The maximum atomic E-state index is 12.6. The zero-order chi connectivity index (χ0) is 17.4. The predicted octanol–water partition coefficient (Wildman–Crippen LogP) is 2.20. The fourth-order valence-corrected chi connectivity index (χ4v) is 2.59. The molecule has 1 aromatic carbocycles. The van der Waals surface area contributed by atoms with Crippen molar-refractivity contribution in [3.63, 3.8) is 0 Å². The molecule has 7 heteroatoms. The van der Waals surface area contributed by atoms with Crippen LogP contribution >= 0.6 is 0 Å². The van der Waals surface area contributed by atoms with Crippen molar-refractivity contribution < 1.29 is 14.5 Å². The monoisotopic (exact) mass is 319 g/mol. The smallest absolute Gasteiger partial charge is 0.269 e. The van der Waals surface area contributed by atoms with Gasteiger partial charge in [-0.2, -0.15) is 0 Å². The molecule has 7 nitrogen and oxygen atoms in total. The Morgan fingerprint density at radius 1 is 1.22 bits per heavy atom. The van der Waals surface area contributed by atoms with Crippen LogP contribution in [0.15, 0.2) is 24.3 Å². The summed E-state index contributed by atoms with van der Waals surface area (Å²) in [5, 5.41) is 10.7. The Morgan fingerprint density at radius 2 is 1.78 bits per heavy atom. The summed E-state index contributed by atoms with van der Waals surface area (Å²) < 4.78 is 0. The molecular weight excluding hydrogens is 298 g/mol. The average molecular weight is 319 g/mol. The number of amides is 2. The lowest BCUT2D eigenvalue weighted by Gasteiger charge is -2.41. The molecule has 23 heavy (non-hydrogen) atoms. The molecule has 0 aliphatic carbocycles. The molecule has 0 N–H and O–H groups in total. The van der Waals surface area contributed by atoms with Crippen molar-refractivity contribution in [3.05, 3.63) is 34.4 Å². The van der Waals surface area contributed by atoms with E-state index in [2.05, 4.69) is 0 Å². The van der Waals surface area contributed by atoms with Crippen LogP contribution in [0.1, 0.15) is 27.7 Å². The lowest BCUT2D eigenvalue weighted by Crippen LogP contribution is -2.59. The van der Waals surface area contributed by atoms with Gasteiger partial charge in [0.1, 0.15) is 6.04 Å². The number of nitro groups is 1. The highest BCUT2D eigenvalue weighted by Crippen LogP contribution is 2.26. The first-order valence-electron chi connectivity index (χ1n) is 7.50. The van der Waals surface area contributed by atoms with Crippen molar-refractivity contribution in [3.8, 4) is 0 Å². The second-order valence-corrected chi connectivity index (χ2v) is 6.69. The number of carbonyl (C=O) groups excluding carboxylic acids is 2. The van der Waals surface area contributed by atoms with Gasteiger partial charge < -0.3 is 9.80 Å². The molecule has 2 rings (SSSR count). The number of hydrogen-bond acceptors (Lipinski definition) is 4. The zero-order valence-electron chi connectivity index (χ0n) is 13.8. The van der Waals surface area contributed by atoms with Crippen LogP contribution in [0.4, 0.5) is 11.4 Å². The van der Waals surface area contributed by atoms with E-state index in [1.165, 1.54) is 12.1 Å². The van der Waals surface area contributed by atoms with E-state index in [0.717, 1.165) is 0 Å². The molecule has 1 aromatic rings. The van der Waals surface area contributed by atoms with E-state index in [1.807, 2.05) is 20.8 Å². The molecule has 0 unspecified atom stereocenters. The highest BCUT2D eigenvalue weighted by Gasteiger charge is 2.38. The van der Waals surface area contributed by atoms with Crippen LogP contribution in [-0.2, 0) is 9.59 Å². The maximum Gasteiger partial charge on any atom is 0.269 e. The summed E-state index contributed by atoms with van der Waals surface area (Å²) in [6, 6.07) is 5.32. The van der Waals surface area contributed by atoms with Gasteiger partial charge >= 0.3 is 0 Å². The number of anilines is 1. The van der Waals surface area contributed by atoms with Crippen molar-refractivity contribution in [2.24, 2.45) is 5.41 Å². The summed E-state index contributed by atoms with van der Waals surface area (Å²) in [5.74, 6) is -0.232. The third kappa shape index (κ3) is 3.33. The summed E-state index contributed by atoms with van der Waals surface area (Å²) in [6.45, 7) is 8.02. The minimum Gasteiger partial charge on any atom is -0.329 e. The van der Waals surface area contributed by atoms with E-state index in [-0.39, 0.29) is 17.5 Å². The summed E-state index contributed by atoms with van der Waals surface area (Å²) in [6.07, 6.45) is 0. The van der Waals surface area contributed by atoms with Crippen molar-refractivity contribution in [1.29, 1.82) is 0 Å². The molecule has 1 fully saturated rings. The highest BCUT2D eigenvalue weighted by atomic mass is 16.6. The van der Waals surface area contributed by atoms with E-state index in [9.17, 15) is 19.7 Å². The maximum absolute atomic E-state index is 12.6. The first kappa shape index (κ1) is 16.9. The van der Waals surface area contributed by atoms with Gasteiger partial charge in [0.2, 0.25) is 11.8 Å². The van der Waals surface area contributed by atoms with Gasteiger partial charge in [-0.1, -0.05) is 20.8 Å². The predicted molar refractivity (Wildman–Crippen MR) is 86.1 cm³/mol. The van der Waals surface area contributed by atoms with Crippen LogP contribution in [0, 0.1) is 15.5 Å². The molecule has 0 bridgehead atoms. The van der Waals surface area contributed by atoms with E-state index in [0.29, 0.717) is 18.8 Å². The van der Waals surface area contributed by atoms with E-state index < -0.39 is 16.4 Å². The zero-order valence-corrected chi connectivity index (χ0v) is 13.8. The topological polar surface area (TPSA) is 83.8 Å². The van der Waals surface area contributed by atoms with Crippen LogP contribution in [0.25, 0.3) is 0 Å². The lowest BCUT2D eigenvalue weighted by molar-refractivity contribution is -0.384. The Kier molecular flexibility index (Phi) is 4.40. The number of rotatable bonds is 2. The molecule has 0 saturated carbocycles. The normalized spacial score (nSPS) is 19.0. The molecule has 0 radical (unpaired) electrons. The minimum absolute atomic E-state index is 0.0178. The molecule has 1 atom stereocenters. The van der Waals surface area contributed by atoms with Gasteiger partial charge in [0.15, 0.2) is 0 Å². The number of non-ortho nitro benzene ring substituents is 1. The standard InChI is InChI=1S/C16H21N3O4/c1-11-14(20)18(10-9-17(11)15(21)16(2,3)4)12-5-7-13(8-6-12)19(22)23/h5-8,11H,9-10H2,1-4H3/t11-/m1/s1. The van der Waals surface area contributed by atoms with Crippen molar-refractivity contribution in [2.75, 3.05) is 18.0 Å². The third-order valence-corrected chi connectivity index (χ3v) is 3.93. The van der Waals surface area contributed by atoms with Crippen LogP contribution in [-0.4, -0.2) is 40.8 Å². The van der Waals surface area contributed by atoms with Crippen LogP contribution in [0.5, 0.6) is 0 Å². The average Bonchev–Trinajstić information content (AvgIpc) is 2.48. The van der Waals surface area contributed by atoms with Gasteiger partial charge in [-0.05, 0) is 19.1 Å². The van der Waals surface area contributed by atoms with Crippen molar-refractivity contribution in [1.82, 2.24) is 4.90 Å². The molecule has 0 aromatic heterocycles. The Balaban J connectivity index is 2.18. The fourth-order valence-electron chi connectivity index (χ4n) is 2.59. The molecule has 2 amide bonds. The summed E-state index contributed by atoms with van der Waals surface area (Å²) >= 11 is 0. The first-order chi connectivity index (χ1) is 10.6. The van der Waals surface area contributed by atoms with Crippen molar-refractivity contribution in [2.45, 2.75) is 33.7 Å². The van der Waals surface area contributed by atoms with Crippen molar-refractivity contribution >= 4 is 23.2 Å². The molecule has 1 aliphatic heterocycles. The van der Waals surface area contributed by atoms with Crippen LogP contribution < -0.4 is 4.90 Å². The summed E-state index contributed by atoms with van der Waals surface area (Å²) in [4.78, 5) is 38.4.